The number of methoxy groups -OCH3 is 1. The fourth-order valence-corrected chi connectivity index (χ4v) is 1.27. The van der Waals surface area contributed by atoms with Crippen LogP contribution in [0.25, 0.3) is 6.08 Å². The normalized spacial score (nSPS) is 10.5. The molecule has 0 bridgehead atoms. The van der Waals surface area contributed by atoms with Crippen LogP contribution >= 0.6 is 0 Å². The van der Waals surface area contributed by atoms with Crippen molar-refractivity contribution in [1.29, 1.82) is 0 Å². The lowest BCUT2D eigenvalue weighted by Crippen LogP contribution is -2.05. The molecule has 0 heterocycles. The van der Waals surface area contributed by atoms with Gasteiger partial charge in [-0.3, -0.25) is 4.79 Å². The fourth-order valence-electron chi connectivity index (χ4n) is 1.27. The van der Waals surface area contributed by atoms with Gasteiger partial charge >= 0.3 is 5.97 Å². The van der Waals surface area contributed by atoms with Gasteiger partial charge in [-0.05, 0) is 11.1 Å². The van der Waals surface area contributed by atoms with Crippen LogP contribution in [0.5, 0.6) is 0 Å². The second-order valence-electron chi connectivity index (χ2n) is 3.04. The molecular formula is C12H14O3. The minimum Gasteiger partial charge on any atom is -0.469 e. The molecule has 0 aromatic heterocycles. The van der Waals surface area contributed by atoms with Crippen molar-refractivity contribution in [3.63, 3.8) is 0 Å². The smallest absolute Gasteiger partial charge is 0.309 e. The Labute approximate surface area is 89.0 Å². The minimum atomic E-state index is -0.264. The van der Waals surface area contributed by atoms with Crippen LogP contribution in [0.15, 0.2) is 30.3 Å². The lowest BCUT2D eigenvalue weighted by atomic mass is 10.0. The number of hydrogen-bond acceptors (Lipinski definition) is 3. The highest BCUT2D eigenvalue weighted by atomic mass is 16.5. The molecule has 0 aliphatic carbocycles. The van der Waals surface area contributed by atoms with Crippen molar-refractivity contribution in [2.24, 2.45) is 0 Å². The van der Waals surface area contributed by atoms with Gasteiger partial charge in [0, 0.05) is 0 Å². The van der Waals surface area contributed by atoms with Crippen LogP contribution in [0.3, 0.4) is 0 Å². The van der Waals surface area contributed by atoms with Crippen LogP contribution in [0.4, 0.5) is 0 Å². The number of esters is 1. The largest absolute Gasteiger partial charge is 0.469 e. The summed E-state index contributed by atoms with van der Waals surface area (Å²) in [6.45, 7) is -0.00738. The molecule has 3 heteroatoms. The van der Waals surface area contributed by atoms with Crippen molar-refractivity contribution in [3.05, 3.63) is 41.5 Å². The molecule has 0 saturated carbocycles. The number of ether oxygens (including phenoxy) is 1. The lowest BCUT2D eigenvalue weighted by molar-refractivity contribution is -0.139. The molecule has 1 aromatic rings. The first-order chi connectivity index (χ1) is 7.27. The second-order valence-corrected chi connectivity index (χ2v) is 3.04. The average molecular weight is 206 g/mol. The fraction of sp³-hybridized carbons (Fsp3) is 0.250. The number of carbonyl (C=O) groups excluding carboxylic acids is 1. The van der Waals surface area contributed by atoms with Gasteiger partial charge in [0.2, 0.25) is 0 Å². The van der Waals surface area contributed by atoms with Crippen molar-refractivity contribution < 1.29 is 14.6 Å². The van der Waals surface area contributed by atoms with Crippen molar-refractivity contribution in [1.82, 2.24) is 0 Å². The molecular weight excluding hydrogens is 192 g/mol. The third-order valence-corrected chi connectivity index (χ3v) is 2.02. The first kappa shape index (κ1) is 11.5. The number of aliphatic hydroxyl groups excluding tert-OH is 1. The van der Waals surface area contributed by atoms with Crippen molar-refractivity contribution in [2.45, 2.75) is 6.42 Å². The molecule has 0 amide bonds. The molecule has 0 atom stereocenters. The summed E-state index contributed by atoms with van der Waals surface area (Å²) in [5.74, 6) is -0.264. The van der Waals surface area contributed by atoms with E-state index in [1.807, 2.05) is 24.3 Å². The summed E-state index contributed by atoms with van der Waals surface area (Å²) < 4.78 is 4.60. The number of rotatable bonds is 4. The molecule has 0 fully saturated rings. The van der Waals surface area contributed by atoms with Gasteiger partial charge in [0.25, 0.3) is 0 Å². The number of hydrogen-bond donors (Lipinski definition) is 1. The Morgan fingerprint density at radius 2 is 2.20 bits per heavy atom. The van der Waals surface area contributed by atoms with E-state index in [0.29, 0.717) is 0 Å². The molecule has 0 unspecified atom stereocenters. The maximum atomic E-state index is 11.1. The van der Waals surface area contributed by atoms with Gasteiger partial charge in [0.1, 0.15) is 0 Å². The summed E-state index contributed by atoms with van der Waals surface area (Å²) in [6.07, 6.45) is 3.68. The summed E-state index contributed by atoms with van der Waals surface area (Å²) in [7, 11) is 1.37. The number of benzene rings is 1. The highest BCUT2D eigenvalue weighted by molar-refractivity contribution is 5.74. The van der Waals surface area contributed by atoms with E-state index in [1.54, 1.807) is 12.2 Å². The summed E-state index contributed by atoms with van der Waals surface area (Å²) in [6, 6.07) is 7.52. The highest BCUT2D eigenvalue weighted by Gasteiger charge is 2.05. The maximum Gasteiger partial charge on any atom is 0.309 e. The van der Waals surface area contributed by atoms with E-state index in [1.165, 1.54) is 7.11 Å². The summed E-state index contributed by atoms with van der Waals surface area (Å²) in [4.78, 5) is 11.1. The highest BCUT2D eigenvalue weighted by Crippen LogP contribution is 2.11. The predicted molar refractivity (Wildman–Crippen MR) is 58.3 cm³/mol. The van der Waals surface area contributed by atoms with Crippen molar-refractivity contribution in [3.8, 4) is 0 Å². The van der Waals surface area contributed by atoms with Gasteiger partial charge in [-0.15, -0.1) is 0 Å². The SMILES string of the molecule is COC(=O)Cc1ccccc1C=CCO. The van der Waals surface area contributed by atoms with Gasteiger partial charge in [-0.1, -0.05) is 36.4 Å². The molecule has 0 radical (unpaired) electrons. The summed E-state index contributed by atoms with van der Waals surface area (Å²) in [5, 5.41) is 8.67. The summed E-state index contributed by atoms with van der Waals surface area (Å²) in [5.41, 5.74) is 1.83. The van der Waals surface area contributed by atoms with Crippen molar-refractivity contribution in [2.75, 3.05) is 13.7 Å². The van der Waals surface area contributed by atoms with Gasteiger partial charge in [-0.2, -0.15) is 0 Å². The Hall–Kier alpha value is -1.61. The molecule has 0 saturated heterocycles. The van der Waals surface area contributed by atoms with E-state index >= 15 is 0 Å². The first-order valence-electron chi connectivity index (χ1n) is 4.70. The van der Waals surface area contributed by atoms with Crippen LogP contribution in [0.1, 0.15) is 11.1 Å². The zero-order valence-corrected chi connectivity index (χ0v) is 8.64. The third-order valence-electron chi connectivity index (χ3n) is 2.02. The Balaban J connectivity index is 2.86. The number of aliphatic hydroxyl groups is 1. The van der Waals surface area contributed by atoms with Gasteiger partial charge in [0.15, 0.2) is 0 Å². The van der Waals surface area contributed by atoms with Crippen LogP contribution in [0, 0.1) is 0 Å². The molecule has 1 rings (SSSR count). The van der Waals surface area contributed by atoms with Crippen LogP contribution in [-0.2, 0) is 16.0 Å². The quantitative estimate of drug-likeness (QED) is 0.757. The van der Waals surface area contributed by atoms with Gasteiger partial charge < -0.3 is 9.84 Å². The molecule has 1 N–H and O–H groups in total. The molecule has 80 valence electrons. The minimum absolute atomic E-state index is 0.00738. The number of carbonyl (C=O) groups is 1. The molecule has 15 heavy (non-hydrogen) atoms. The van der Waals surface area contributed by atoms with Crippen molar-refractivity contribution >= 4 is 12.0 Å². The second kappa shape index (κ2) is 5.98. The maximum absolute atomic E-state index is 11.1. The lowest BCUT2D eigenvalue weighted by Gasteiger charge is -2.04. The predicted octanol–water partition coefficient (Wildman–Crippen LogP) is 1.41. The zero-order chi connectivity index (χ0) is 11.1. The van der Waals surface area contributed by atoms with Crippen LogP contribution in [-0.4, -0.2) is 24.8 Å². The van der Waals surface area contributed by atoms with Gasteiger partial charge in [-0.25, -0.2) is 0 Å². The first-order valence-corrected chi connectivity index (χ1v) is 4.70. The zero-order valence-electron chi connectivity index (χ0n) is 8.64. The van der Waals surface area contributed by atoms with Gasteiger partial charge in [0.05, 0.1) is 20.1 Å². The standard InChI is InChI=1S/C12H14O3/c1-15-12(14)9-11-6-3-2-5-10(11)7-4-8-13/h2-7,13H,8-9H2,1H3. The monoisotopic (exact) mass is 206 g/mol. The summed E-state index contributed by atoms with van der Waals surface area (Å²) >= 11 is 0. The molecule has 3 nitrogen and oxygen atoms in total. The third kappa shape index (κ3) is 3.56. The van der Waals surface area contributed by atoms with E-state index < -0.39 is 0 Å². The van der Waals surface area contributed by atoms with Crippen LogP contribution in [0.2, 0.25) is 0 Å². The Bertz CT molecular complexity index is 356. The average Bonchev–Trinajstić information content (AvgIpc) is 2.28. The Kier molecular flexibility index (Phi) is 4.57. The molecule has 1 aromatic carbocycles. The van der Waals surface area contributed by atoms with E-state index in [-0.39, 0.29) is 19.0 Å². The van der Waals surface area contributed by atoms with E-state index in [9.17, 15) is 4.79 Å². The topological polar surface area (TPSA) is 46.5 Å². The molecule has 0 aliphatic rings. The molecule has 0 spiro atoms. The Morgan fingerprint density at radius 1 is 1.47 bits per heavy atom. The van der Waals surface area contributed by atoms with E-state index in [2.05, 4.69) is 4.74 Å². The Morgan fingerprint density at radius 3 is 2.87 bits per heavy atom. The van der Waals surface area contributed by atoms with E-state index in [0.717, 1.165) is 11.1 Å². The van der Waals surface area contributed by atoms with E-state index in [4.69, 9.17) is 5.11 Å². The molecule has 0 aliphatic heterocycles. The van der Waals surface area contributed by atoms with Crippen LogP contribution < -0.4 is 0 Å².